The van der Waals surface area contributed by atoms with Crippen molar-refractivity contribution in [2.45, 2.75) is 6.54 Å². The number of halogens is 2. The van der Waals surface area contributed by atoms with Crippen LogP contribution < -0.4 is 16.4 Å². The Morgan fingerprint density at radius 1 is 1.21 bits per heavy atom. The second-order valence-electron chi connectivity index (χ2n) is 4.84. The van der Waals surface area contributed by atoms with Gasteiger partial charge in [0.15, 0.2) is 0 Å². The number of nitriles is 1. The van der Waals surface area contributed by atoms with E-state index >= 15 is 0 Å². The van der Waals surface area contributed by atoms with Gasteiger partial charge < -0.3 is 16.4 Å². The summed E-state index contributed by atoms with van der Waals surface area (Å²) in [6, 6.07) is 13.8. The second-order valence-corrected chi connectivity index (χ2v) is 5.65. The summed E-state index contributed by atoms with van der Waals surface area (Å²) < 4.78 is 0. The molecule has 1 amide bonds. The number of nitrogens with two attached hydrogens (primary N) is 1. The quantitative estimate of drug-likeness (QED) is 0.430. The smallest absolute Gasteiger partial charge is 0.267 e. The predicted octanol–water partition coefficient (Wildman–Crippen LogP) is 3.71. The van der Waals surface area contributed by atoms with Crippen LogP contribution in [0.2, 0.25) is 10.0 Å². The lowest BCUT2D eigenvalue weighted by atomic mass is 10.2. The first-order valence-electron chi connectivity index (χ1n) is 6.94. The van der Waals surface area contributed by atoms with E-state index in [1.54, 1.807) is 18.2 Å². The molecule has 24 heavy (non-hydrogen) atoms. The zero-order valence-corrected chi connectivity index (χ0v) is 14.0. The maximum absolute atomic E-state index is 12.1. The van der Waals surface area contributed by atoms with Gasteiger partial charge in [0.25, 0.3) is 5.91 Å². The molecule has 2 rings (SSSR count). The highest BCUT2D eigenvalue weighted by atomic mass is 35.5. The van der Waals surface area contributed by atoms with Crippen LogP contribution in [0, 0.1) is 11.3 Å². The number of anilines is 2. The van der Waals surface area contributed by atoms with E-state index in [4.69, 9.17) is 34.2 Å². The summed E-state index contributed by atoms with van der Waals surface area (Å²) in [6.45, 7) is 0.390. The molecule has 0 bridgehead atoms. The molecule has 0 aliphatic carbocycles. The SMILES string of the molecule is N#C/C(=C/NCc1ccccc1Cl)C(=O)Nc1ccc(N)cc1Cl. The Bertz CT molecular complexity index is 828. The lowest BCUT2D eigenvalue weighted by Gasteiger charge is -2.08. The molecule has 5 nitrogen and oxygen atoms in total. The summed E-state index contributed by atoms with van der Waals surface area (Å²) in [4.78, 5) is 12.1. The fraction of sp³-hybridized carbons (Fsp3) is 0.0588. The molecule has 0 atom stereocenters. The van der Waals surface area contributed by atoms with Crippen molar-refractivity contribution in [1.82, 2.24) is 5.32 Å². The normalized spacial score (nSPS) is 10.8. The second kappa shape index (κ2) is 8.25. The molecule has 0 heterocycles. The number of carbonyl (C=O) groups is 1. The number of hydrogen-bond acceptors (Lipinski definition) is 4. The molecular formula is C17H14Cl2N4O. The fourth-order valence-corrected chi connectivity index (χ4v) is 2.31. The van der Waals surface area contributed by atoms with Gasteiger partial charge in [0.2, 0.25) is 0 Å². The molecule has 122 valence electrons. The van der Waals surface area contributed by atoms with Crippen LogP contribution in [-0.2, 0) is 11.3 Å². The fourth-order valence-electron chi connectivity index (χ4n) is 1.88. The van der Waals surface area contributed by atoms with Gasteiger partial charge in [-0.05, 0) is 29.8 Å². The maximum Gasteiger partial charge on any atom is 0.267 e. The molecule has 0 saturated carbocycles. The molecule has 2 aromatic rings. The van der Waals surface area contributed by atoms with Gasteiger partial charge in [-0.15, -0.1) is 0 Å². The first-order chi connectivity index (χ1) is 11.5. The highest BCUT2D eigenvalue weighted by Crippen LogP contribution is 2.24. The van der Waals surface area contributed by atoms with Crippen LogP contribution in [0.5, 0.6) is 0 Å². The van der Waals surface area contributed by atoms with Crippen LogP contribution in [0.3, 0.4) is 0 Å². The zero-order valence-electron chi connectivity index (χ0n) is 12.5. The first-order valence-corrected chi connectivity index (χ1v) is 7.70. The molecule has 4 N–H and O–H groups in total. The Kier molecular flexibility index (Phi) is 6.07. The van der Waals surface area contributed by atoms with E-state index in [-0.39, 0.29) is 5.57 Å². The number of hydrogen-bond donors (Lipinski definition) is 3. The van der Waals surface area contributed by atoms with E-state index in [1.807, 2.05) is 24.3 Å². The van der Waals surface area contributed by atoms with Gasteiger partial charge >= 0.3 is 0 Å². The Hall–Kier alpha value is -2.68. The summed E-state index contributed by atoms with van der Waals surface area (Å²) in [6.07, 6.45) is 1.34. The molecule has 0 saturated heterocycles. The standard InChI is InChI=1S/C17H14Cl2N4O/c18-14-4-2-1-3-11(14)9-22-10-12(8-20)17(24)23-16-6-5-13(21)7-15(16)19/h1-7,10,22H,9,21H2,(H,23,24)/b12-10-. The number of benzene rings is 2. The minimum atomic E-state index is -0.573. The first kappa shape index (κ1) is 17.7. The van der Waals surface area contributed by atoms with Gasteiger partial charge in [0, 0.05) is 23.5 Å². The van der Waals surface area contributed by atoms with Crippen molar-refractivity contribution in [3.8, 4) is 6.07 Å². The molecule has 0 radical (unpaired) electrons. The Morgan fingerprint density at radius 2 is 1.96 bits per heavy atom. The molecule has 0 spiro atoms. The minimum absolute atomic E-state index is 0.0880. The monoisotopic (exact) mass is 360 g/mol. The van der Waals surface area contributed by atoms with Crippen molar-refractivity contribution in [3.05, 3.63) is 69.8 Å². The third-order valence-electron chi connectivity index (χ3n) is 3.10. The van der Waals surface area contributed by atoms with Crippen molar-refractivity contribution in [3.63, 3.8) is 0 Å². The number of nitrogens with zero attached hydrogens (tertiary/aromatic N) is 1. The average molecular weight is 361 g/mol. The van der Waals surface area contributed by atoms with Crippen molar-refractivity contribution < 1.29 is 4.79 Å². The van der Waals surface area contributed by atoms with Crippen molar-refractivity contribution >= 4 is 40.5 Å². The van der Waals surface area contributed by atoms with Gasteiger partial charge in [-0.3, -0.25) is 4.79 Å². The van der Waals surface area contributed by atoms with Gasteiger partial charge in [0.1, 0.15) is 11.6 Å². The van der Waals surface area contributed by atoms with Crippen LogP contribution in [0.1, 0.15) is 5.56 Å². The zero-order chi connectivity index (χ0) is 17.5. The van der Waals surface area contributed by atoms with Crippen molar-refractivity contribution in [2.24, 2.45) is 0 Å². The lowest BCUT2D eigenvalue weighted by molar-refractivity contribution is -0.112. The Balaban J connectivity index is 2.03. The highest BCUT2D eigenvalue weighted by molar-refractivity contribution is 6.34. The Labute approximate surface area is 149 Å². The van der Waals surface area contributed by atoms with Crippen LogP contribution in [-0.4, -0.2) is 5.91 Å². The number of nitrogens with one attached hydrogen (secondary N) is 2. The summed E-state index contributed by atoms with van der Waals surface area (Å²) >= 11 is 12.0. The average Bonchev–Trinajstić information content (AvgIpc) is 2.55. The summed E-state index contributed by atoms with van der Waals surface area (Å²) in [5.74, 6) is -0.573. The van der Waals surface area contributed by atoms with E-state index in [1.165, 1.54) is 12.3 Å². The third-order valence-corrected chi connectivity index (χ3v) is 3.78. The number of carbonyl (C=O) groups excluding carboxylic acids is 1. The Morgan fingerprint density at radius 3 is 2.62 bits per heavy atom. The van der Waals surface area contributed by atoms with Gasteiger partial charge in [-0.2, -0.15) is 5.26 Å². The maximum atomic E-state index is 12.1. The van der Waals surface area contributed by atoms with E-state index in [9.17, 15) is 4.79 Å². The van der Waals surface area contributed by atoms with Crippen molar-refractivity contribution in [2.75, 3.05) is 11.1 Å². The molecule has 0 aliphatic rings. The summed E-state index contributed by atoms with van der Waals surface area (Å²) in [5.41, 5.74) is 7.22. The topological polar surface area (TPSA) is 90.9 Å². The number of rotatable bonds is 5. The minimum Gasteiger partial charge on any atom is -0.399 e. The van der Waals surface area contributed by atoms with Gasteiger partial charge in [0.05, 0.1) is 10.7 Å². The lowest BCUT2D eigenvalue weighted by Crippen LogP contribution is -2.17. The van der Waals surface area contributed by atoms with Crippen LogP contribution in [0.25, 0.3) is 0 Å². The molecule has 0 unspecified atom stereocenters. The number of amides is 1. The summed E-state index contributed by atoms with van der Waals surface area (Å²) in [7, 11) is 0. The van der Waals surface area contributed by atoms with E-state index in [0.29, 0.717) is 28.0 Å². The van der Waals surface area contributed by atoms with E-state index < -0.39 is 5.91 Å². The van der Waals surface area contributed by atoms with E-state index in [2.05, 4.69) is 10.6 Å². The van der Waals surface area contributed by atoms with E-state index in [0.717, 1.165) is 5.56 Å². The predicted molar refractivity (Wildman–Crippen MR) is 96.5 cm³/mol. The molecule has 0 fully saturated rings. The largest absolute Gasteiger partial charge is 0.399 e. The van der Waals surface area contributed by atoms with Gasteiger partial charge in [-0.1, -0.05) is 41.4 Å². The van der Waals surface area contributed by atoms with Crippen LogP contribution in [0.4, 0.5) is 11.4 Å². The van der Waals surface area contributed by atoms with Gasteiger partial charge in [-0.25, -0.2) is 0 Å². The molecular weight excluding hydrogens is 347 g/mol. The molecule has 0 aromatic heterocycles. The number of nitrogen functional groups attached to an aromatic ring is 1. The molecule has 2 aromatic carbocycles. The highest BCUT2D eigenvalue weighted by Gasteiger charge is 2.11. The third kappa shape index (κ3) is 4.66. The van der Waals surface area contributed by atoms with Crippen molar-refractivity contribution in [1.29, 1.82) is 5.26 Å². The molecule has 7 heteroatoms. The van der Waals surface area contributed by atoms with Crippen LogP contribution >= 0.6 is 23.2 Å². The summed E-state index contributed by atoms with van der Waals surface area (Å²) in [5, 5.41) is 15.5. The van der Waals surface area contributed by atoms with Crippen LogP contribution in [0.15, 0.2) is 54.2 Å². The molecule has 0 aliphatic heterocycles.